The number of benzene rings is 2. The van der Waals surface area contributed by atoms with Gasteiger partial charge in [0.15, 0.2) is 0 Å². The molecule has 0 aliphatic carbocycles. The van der Waals surface area contributed by atoms with Gasteiger partial charge in [-0.05, 0) is 82.0 Å². The van der Waals surface area contributed by atoms with Crippen molar-refractivity contribution in [1.29, 1.82) is 5.26 Å². The third kappa shape index (κ3) is 7.72. The van der Waals surface area contributed by atoms with Crippen LogP contribution in [0, 0.1) is 17.1 Å². The summed E-state index contributed by atoms with van der Waals surface area (Å²) in [5.41, 5.74) is 13.8. The van der Waals surface area contributed by atoms with E-state index in [1.807, 2.05) is 12.1 Å². The highest BCUT2D eigenvalue weighted by molar-refractivity contribution is 6.36. The predicted octanol–water partition coefficient (Wildman–Crippen LogP) is 7.54. The van der Waals surface area contributed by atoms with E-state index >= 15 is 0 Å². The molecule has 0 spiro atoms. The Morgan fingerprint density at radius 2 is 1.90 bits per heavy atom. The predicted molar refractivity (Wildman–Crippen MR) is 198 cm³/mol. The van der Waals surface area contributed by atoms with Crippen LogP contribution in [-0.4, -0.2) is 58.7 Å². The fourth-order valence-corrected chi connectivity index (χ4v) is 6.92. The average Bonchev–Trinajstić information content (AvgIpc) is 3.73. The molecule has 0 radical (unpaired) electrons. The lowest BCUT2D eigenvalue weighted by atomic mass is 9.98. The van der Waals surface area contributed by atoms with Crippen LogP contribution in [0.25, 0.3) is 10.9 Å². The third-order valence-electron chi connectivity index (χ3n) is 9.39. The Hall–Kier alpha value is -4.11. The SMILES string of the molecule is C=C(/C=C\C1=C(C)CNC1)[C@H](Nc1cc(Cl)c2ncc(C#N)c(Nc3ccc(F)c(Cl)c3)c2c1)C1=CN(C2CCN(C(C)(C)C)CC2)NN1. The van der Waals surface area contributed by atoms with Crippen LogP contribution in [0.2, 0.25) is 10.0 Å². The summed E-state index contributed by atoms with van der Waals surface area (Å²) in [5.74, 6) is -0.531. The molecule has 0 saturated carbocycles. The summed E-state index contributed by atoms with van der Waals surface area (Å²) in [6.07, 6.45) is 9.86. The third-order valence-corrected chi connectivity index (χ3v) is 9.97. The highest BCUT2D eigenvalue weighted by atomic mass is 35.5. The number of halogens is 3. The van der Waals surface area contributed by atoms with E-state index in [-0.39, 0.29) is 16.6 Å². The molecule has 1 fully saturated rings. The number of nitrogens with one attached hydrogen (secondary N) is 5. The zero-order valence-electron chi connectivity index (χ0n) is 28.2. The van der Waals surface area contributed by atoms with Crippen molar-refractivity contribution in [2.24, 2.45) is 0 Å². The number of likely N-dealkylation sites (tertiary alicyclic amines) is 1. The molecule has 0 amide bonds. The first-order valence-electron chi connectivity index (χ1n) is 16.4. The van der Waals surface area contributed by atoms with Gasteiger partial charge in [-0.3, -0.25) is 14.9 Å². The number of anilines is 3. The standard InChI is InChI=1S/C37H42Cl2FN9/c1-22(6-7-24-19-42-18-23(24)2)34(33-21-49(47-46-33)28-10-12-48(13-11-28)37(3,4)5)45-27-14-29-35(44-26-8-9-32(40)30(38)15-26)25(17-41)20-43-36(29)31(39)16-27/h6-9,14-16,20-21,28,34,42,45-47H,1,10-13,18-19H2,2-5H3,(H,43,44)/b7-6-/t34-/m0/s1. The fraction of sp³-hybridized carbons (Fsp3) is 0.351. The van der Waals surface area contributed by atoms with E-state index in [1.54, 1.807) is 6.07 Å². The molecule has 9 nitrogen and oxygen atoms in total. The van der Waals surface area contributed by atoms with E-state index in [0.717, 1.165) is 50.3 Å². The van der Waals surface area contributed by atoms with Crippen molar-refractivity contribution in [3.05, 3.63) is 105 Å². The minimum absolute atomic E-state index is 0.0317. The van der Waals surface area contributed by atoms with Gasteiger partial charge in [-0.2, -0.15) is 5.26 Å². The second kappa shape index (κ2) is 14.4. The Morgan fingerprint density at radius 3 is 2.57 bits per heavy atom. The Kier molecular flexibility index (Phi) is 10.2. The van der Waals surface area contributed by atoms with Crippen molar-refractivity contribution in [3.63, 3.8) is 0 Å². The molecule has 1 aromatic heterocycles. The molecule has 2 aromatic carbocycles. The maximum Gasteiger partial charge on any atom is 0.141 e. The first kappa shape index (κ1) is 34.7. The number of hydrazine groups is 2. The highest BCUT2D eigenvalue weighted by Gasteiger charge is 2.32. The zero-order valence-corrected chi connectivity index (χ0v) is 29.7. The van der Waals surface area contributed by atoms with Gasteiger partial charge >= 0.3 is 0 Å². The van der Waals surface area contributed by atoms with E-state index in [1.165, 1.54) is 29.5 Å². The number of nitrogens with zero attached hydrogens (tertiary/aromatic N) is 4. The van der Waals surface area contributed by atoms with Gasteiger partial charge < -0.3 is 21.4 Å². The molecule has 12 heteroatoms. The smallest absolute Gasteiger partial charge is 0.141 e. The molecule has 3 aliphatic heterocycles. The van der Waals surface area contributed by atoms with E-state index < -0.39 is 5.82 Å². The number of hydrogen-bond donors (Lipinski definition) is 5. The van der Waals surface area contributed by atoms with Crippen LogP contribution in [-0.2, 0) is 0 Å². The van der Waals surface area contributed by atoms with Crippen molar-refractivity contribution in [2.75, 3.05) is 36.8 Å². The minimum Gasteiger partial charge on any atom is -0.373 e. The second-order valence-electron chi connectivity index (χ2n) is 13.8. The first-order chi connectivity index (χ1) is 23.4. The maximum atomic E-state index is 13.9. The normalized spacial score (nSPS) is 18.2. The van der Waals surface area contributed by atoms with Crippen molar-refractivity contribution in [2.45, 2.75) is 58.2 Å². The largest absolute Gasteiger partial charge is 0.373 e. The molecular weight excluding hydrogens is 660 g/mol. The number of fused-ring (bicyclic) bond motifs is 1. The molecule has 4 heterocycles. The fourth-order valence-electron chi connectivity index (χ4n) is 6.47. The number of hydrogen-bond acceptors (Lipinski definition) is 9. The van der Waals surface area contributed by atoms with Gasteiger partial charge in [0.1, 0.15) is 11.9 Å². The van der Waals surface area contributed by atoms with Crippen LogP contribution < -0.4 is 26.9 Å². The summed E-state index contributed by atoms with van der Waals surface area (Å²) in [7, 11) is 0. The molecule has 1 atom stereocenters. The van der Waals surface area contributed by atoms with Crippen molar-refractivity contribution < 1.29 is 4.39 Å². The lowest BCUT2D eigenvalue weighted by Gasteiger charge is -2.42. The van der Waals surface area contributed by atoms with Crippen molar-refractivity contribution >= 4 is 51.2 Å². The minimum atomic E-state index is -0.531. The second-order valence-corrected chi connectivity index (χ2v) is 14.6. The van der Waals surface area contributed by atoms with Crippen LogP contribution in [0.5, 0.6) is 0 Å². The van der Waals surface area contributed by atoms with Gasteiger partial charge in [0.2, 0.25) is 0 Å². The molecule has 0 unspecified atom stereocenters. The molecule has 6 rings (SSSR count). The van der Waals surface area contributed by atoms with E-state index in [9.17, 15) is 9.65 Å². The van der Waals surface area contributed by atoms with E-state index in [2.05, 4.69) is 100 Å². The van der Waals surface area contributed by atoms with Gasteiger partial charge in [-0.25, -0.2) is 4.39 Å². The first-order valence-corrected chi connectivity index (χ1v) is 17.2. The molecular formula is C37H42Cl2FN9. The van der Waals surface area contributed by atoms with Crippen LogP contribution in [0.3, 0.4) is 0 Å². The molecule has 5 N–H and O–H groups in total. The molecule has 0 bridgehead atoms. The maximum absolute atomic E-state index is 13.9. The Labute approximate surface area is 297 Å². The van der Waals surface area contributed by atoms with Crippen LogP contribution in [0.1, 0.15) is 46.1 Å². The lowest BCUT2D eigenvalue weighted by molar-refractivity contribution is 0.0570. The number of pyridine rings is 1. The Bertz CT molecular complexity index is 1900. The zero-order chi connectivity index (χ0) is 34.9. The molecule has 49 heavy (non-hydrogen) atoms. The van der Waals surface area contributed by atoms with E-state index in [0.29, 0.717) is 44.6 Å². The summed E-state index contributed by atoms with van der Waals surface area (Å²) in [4.78, 5) is 7.02. The number of piperidine rings is 1. The highest BCUT2D eigenvalue weighted by Crippen LogP contribution is 2.36. The van der Waals surface area contributed by atoms with Gasteiger partial charge in [0, 0.05) is 66.9 Å². The van der Waals surface area contributed by atoms with Crippen molar-refractivity contribution in [1.82, 2.24) is 31.2 Å². The molecule has 1 saturated heterocycles. The number of aromatic nitrogens is 1. The Morgan fingerprint density at radius 1 is 1.14 bits per heavy atom. The van der Waals surface area contributed by atoms with E-state index in [4.69, 9.17) is 23.2 Å². The molecule has 256 valence electrons. The van der Waals surface area contributed by atoms with Crippen LogP contribution in [0.4, 0.5) is 21.5 Å². The van der Waals surface area contributed by atoms with Crippen molar-refractivity contribution in [3.8, 4) is 6.07 Å². The molecule has 3 aliphatic rings. The summed E-state index contributed by atoms with van der Waals surface area (Å²) >= 11 is 12.9. The number of nitriles is 1. The topological polar surface area (TPSA) is 103 Å². The van der Waals surface area contributed by atoms with Gasteiger partial charge in [0.05, 0.1) is 38.6 Å². The van der Waals surface area contributed by atoms with Crippen LogP contribution >= 0.6 is 23.2 Å². The Balaban J connectivity index is 1.33. The van der Waals surface area contributed by atoms with Gasteiger partial charge in [0.25, 0.3) is 0 Å². The number of rotatable bonds is 9. The van der Waals surface area contributed by atoms with Gasteiger partial charge in [-0.15, -0.1) is 5.53 Å². The summed E-state index contributed by atoms with van der Waals surface area (Å²) in [5, 5.41) is 23.4. The molecule has 3 aromatic rings. The average molecular weight is 703 g/mol. The monoisotopic (exact) mass is 701 g/mol. The summed E-state index contributed by atoms with van der Waals surface area (Å²) in [6, 6.07) is 10.2. The van der Waals surface area contributed by atoms with Crippen LogP contribution in [0.15, 0.2) is 83.9 Å². The summed E-state index contributed by atoms with van der Waals surface area (Å²) in [6.45, 7) is 17.2. The lowest BCUT2D eigenvalue weighted by Crippen LogP contribution is -2.52. The quantitative estimate of drug-likeness (QED) is 0.145. The summed E-state index contributed by atoms with van der Waals surface area (Å²) < 4.78 is 13.9. The van der Waals surface area contributed by atoms with Gasteiger partial charge in [-0.1, -0.05) is 47.5 Å².